The van der Waals surface area contributed by atoms with Crippen molar-refractivity contribution in [2.24, 2.45) is 23.2 Å². The third kappa shape index (κ3) is 4.20. The summed E-state index contributed by atoms with van der Waals surface area (Å²) >= 11 is 13.8. The first kappa shape index (κ1) is 22.2. The van der Waals surface area contributed by atoms with Crippen LogP contribution in [0.5, 0.6) is 0 Å². The molecule has 6 rings (SSSR count). The zero-order chi connectivity index (χ0) is 22.5. The van der Waals surface area contributed by atoms with Gasteiger partial charge in [-0.05, 0) is 80.8 Å². The van der Waals surface area contributed by atoms with Crippen molar-refractivity contribution < 1.29 is 14.3 Å². The topological polar surface area (TPSA) is 55.4 Å². The average Bonchev–Trinajstić information content (AvgIpc) is 3.09. The molecule has 0 spiro atoms. The zero-order valence-electron chi connectivity index (χ0n) is 18.1. The summed E-state index contributed by atoms with van der Waals surface area (Å²) < 4.78 is 5.32. The summed E-state index contributed by atoms with van der Waals surface area (Å²) in [6.07, 6.45) is 8.11. The second-order valence-electron chi connectivity index (χ2n) is 9.84. The molecule has 1 aromatic carbocycles. The van der Waals surface area contributed by atoms with Crippen LogP contribution in [0.1, 0.15) is 62.2 Å². The van der Waals surface area contributed by atoms with Crippen molar-refractivity contribution in [1.29, 1.82) is 0 Å². The van der Waals surface area contributed by atoms with E-state index >= 15 is 0 Å². The standard InChI is InChI=1S/C25H27Cl2NO3S/c1-2-31-24(30)22-19(18-4-3-17(26)8-20(18)27)13-32-23(22)28-21(29)12-25-9-14-5-15(10-25)7-16(6-14)11-25/h3-4,8,13-16H,2,5-7,9-12H2,1H3,(H,28,29). The summed E-state index contributed by atoms with van der Waals surface area (Å²) in [6.45, 7) is 2.02. The molecule has 0 aliphatic heterocycles. The molecule has 4 fully saturated rings. The van der Waals surface area contributed by atoms with Gasteiger partial charge >= 0.3 is 5.97 Å². The monoisotopic (exact) mass is 491 g/mol. The Kier molecular flexibility index (Phi) is 6.02. The first-order chi connectivity index (χ1) is 15.4. The van der Waals surface area contributed by atoms with Gasteiger partial charge in [0, 0.05) is 33.0 Å². The molecule has 1 amide bonds. The minimum absolute atomic E-state index is 0.00639. The van der Waals surface area contributed by atoms with E-state index in [0.29, 0.717) is 38.2 Å². The summed E-state index contributed by atoms with van der Waals surface area (Å²) in [5.41, 5.74) is 1.85. The molecule has 32 heavy (non-hydrogen) atoms. The van der Waals surface area contributed by atoms with Crippen molar-refractivity contribution >= 4 is 51.4 Å². The number of benzene rings is 1. The number of halogens is 2. The van der Waals surface area contributed by atoms with Crippen molar-refractivity contribution in [1.82, 2.24) is 0 Å². The maximum absolute atomic E-state index is 13.2. The molecule has 1 aromatic heterocycles. The second kappa shape index (κ2) is 8.66. The van der Waals surface area contributed by atoms with E-state index in [9.17, 15) is 9.59 Å². The molecule has 0 unspecified atom stereocenters. The molecule has 2 aromatic rings. The molecule has 4 saturated carbocycles. The van der Waals surface area contributed by atoms with Gasteiger partial charge in [0.2, 0.25) is 5.91 Å². The Bertz CT molecular complexity index is 1030. The van der Waals surface area contributed by atoms with Gasteiger partial charge in [-0.3, -0.25) is 4.79 Å². The number of rotatable bonds is 6. The highest BCUT2D eigenvalue weighted by Crippen LogP contribution is 2.61. The van der Waals surface area contributed by atoms with Crippen molar-refractivity contribution in [3.05, 3.63) is 39.2 Å². The van der Waals surface area contributed by atoms with E-state index in [1.807, 2.05) is 5.38 Å². The molecule has 7 heteroatoms. The van der Waals surface area contributed by atoms with E-state index in [0.717, 1.165) is 17.8 Å². The van der Waals surface area contributed by atoms with Crippen LogP contribution in [0.15, 0.2) is 23.6 Å². The average molecular weight is 492 g/mol. The number of hydrogen-bond donors (Lipinski definition) is 1. The smallest absolute Gasteiger partial charge is 0.341 e. The number of esters is 1. The fourth-order valence-corrected chi connectivity index (χ4v) is 8.25. The van der Waals surface area contributed by atoms with E-state index in [4.69, 9.17) is 27.9 Å². The molecule has 170 valence electrons. The SMILES string of the molecule is CCOC(=O)c1c(-c2ccc(Cl)cc2Cl)csc1NC(=O)CC12CC3CC(CC(C3)C1)C2. The Morgan fingerprint density at radius 1 is 1.09 bits per heavy atom. The van der Waals surface area contributed by atoms with Crippen LogP contribution in [0.4, 0.5) is 5.00 Å². The Morgan fingerprint density at radius 3 is 2.34 bits per heavy atom. The van der Waals surface area contributed by atoms with Gasteiger partial charge < -0.3 is 10.1 Å². The summed E-state index contributed by atoms with van der Waals surface area (Å²) in [5, 5.41) is 6.41. The van der Waals surface area contributed by atoms with Crippen LogP contribution in [0.25, 0.3) is 11.1 Å². The third-order valence-electron chi connectivity index (χ3n) is 7.45. The number of thiophene rings is 1. The molecule has 0 radical (unpaired) electrons. The number of ether oxygens (including phenoxy) is 1. The lowest BCUT2D eigenvalue weighted by Crippen LogP contribution is -2.47. The minimum atomic E-state index is -0.458. The molecule has 4 bridgehead atoms. The zero-order valence-corrected chi connectivity index (χ0v) is 20.4. The first-order valence-corrected chi connectivity index (χ1v) is 13.0. The van der Waals surface area contributed by atoms with Gasteiger partial charge in [-0.15, -0.1) is 11.3 Å². The number of amides is 1. The number of hydrogen-bond acceptors (Lipinski definition) is 4. The Hall–Kier alpha value is -1.56. The molecule has 4 aliphatic rings. The first-order valence-electron chi connectivity index (χ1n) is 11.4. The van der Waals surface area contributed by atoms with Gasteiger partial charge in [-0.1, -0.05) is 29.3 Å². The lowest BCUT2D eigenvalue weighted by molar-refractivity contribution is -0.124. The van der Waals surface area contributed by atoms with Crippen LogP contribution in [0.3, 0.4) is 0 Å². The summed E-state index contributed by atoms with van der Waals surface area (Å²) in [7, 11) is 0. The van der Waals surface area contributed by atoms with Crippen LogP contribution in [-0.4, -0.2) is 18.5 Å². The molecule has 0 saturated heterocycles. The summed E-state index contributed by atoms with van der Waals surface area (Å²) in [5.74, 6) is 1.92. The molecule has 4 aliphatic carbocycles. The maximum Gasteiger partial charge on any atom is 0.341 e. The quantitative estimate of drug-likeness (QED) is 0.426. The highest BCUT2D eigenvalue weighted by atomic mass is 35.5. The molecule has 0 atom stereocenters. The van der Waals surface area contributed by atoms with Crippen LogP contribution in [0.2, 0.25) is 10.0 Å². The van der Waals surface area contributed by atoms with E-state index < -0.39 is 5.97 Å². The van der Waals surface area contributed by atoms with Crippen molar-refractivity contribution in [2.45, 2.75) is 51.9 Å². The largest absolute Gasteiger partial charge is 0.462 e. The van der Waals surface area contributed by atoms with Gasteiger partial charge in [-0.2, -0.15) is 0 Å². The van der Waals surface area contributed by atoms with Gasteiger partial charge in [0.1, 0.15) is 10.6 Å². The third-order valence-corrected chi connectivity index (χ3v) is 8.89. The van der Waals surface area contributed by atoms with Gasteiger partial charge in [-0.25, -0.2) is 4.79 Å². The summed E-state index contributed by atoms with van der Waals surface area (Å²) in [6, 6.07) is 5.17. The van der Waals surface area contributed by atoms with E-state index in [2.05, 4.69) is 5.32 Å². The van der Waals surface area contributed by atoms with Gasteiger partial charge in [0.25, 0.3) is 0 Å². The molecule has 1 heterocycles. The maximum atomic E-state index is 13.2. The number of carbonyl (C=O) groups is 2. The lowest BCUT2D eigenvalue weighted by atomic mass is 9.49. The second-order valence-corrected chi connectivity index (χ2v) is 11.6. The highest BCUT2D eigenvalue weighted by molar-refractivity contribution is 7.15. The van der Waals surface area contributed by atoms with Crippen molar-refractivity contribution in [3.8, 4) is 11.1 Å². The predicted molar refractivity (Wildman–Crippen MR) is 130 cm³/mol. The number of nitrogens with one attached hydrogen (secondary N) is 1. The van der Waals surface area contributed by atoms with E-state index in [1.54, 1.807) is 25.1 Å². The molecular weight excluding hydrogens is 465 g/mol. The van der Waals surface area contributed by atoms with E-state index in [1.165, 1.54) is 49.9 Å². The van der Waals surface area contributed by atoms with Crippen LogP contribution in [0, 0.1) is 23.2 Å². The molecule has 1 N–H and O–H groups in total. The minimum Gasteiger partial charge on any atom is -0.462 e. The number of anilines is 1. The normalized spacial score (nSPS) is 28.0. The van der Waals surface area contributed by atoms with Crippen LogP contribution < -0.4 is 5.32 Å². The van der Waals surface area contributed by atoms with Crippen molar-refractivity contribution in [3.63, 3.8) is 0 Å². The lowest BCUT2D eigenvalue weighted by Gasteiger charge is -2.56. The Labute approximate surface area is 202 Å². The van der Waals surface area contributed by atoms with Crippen LogP contribution in [-0.2, 0) is 9.53 Å². The van der Waals surface area contributed by atoms with Crippen LogP contribution >= 0.6 is 34.5 Å². The Balaban J connectivity index is 1.40. The van der Waals surface area contributed by atoms with E-state index in [-0.39, 0.29) is 17.9 Å². The summed E-state index contributed by atoms with van der Waals surface area (Å²) in [4.78, 5) is 26.0. The van der Waals surface area contributed by atoms with Gasteiger partial charge in [0.15, 0.2) is 0 Å². The molecular formula is C25H27Cl2NO3S. The highest BCUT2D eigenvalue weighted by Gasteiger charge is 2.51. The fourth-order valence-electron chi connectivity index (χ4n) is 6.78. The predicted octanol–water partition coefficient (Wildman–Crippen LogP) is 7.44. The fraction of sp³-hybridized carbons (Fsp3) is 0.520. The number of carbonyl (C=O) groups excluding carboxylic acids is 2. The van der Waals surface area contributed by atoms with Gasteiger partial charge in [0.05, 0.1) is 6.61 Å². The molecule has 4 nitrogen and oxygen atoms in total. The van der Waals surface area contributed by atoms with Crippen molar-refractivity contribution in [2.75, 3.05) is 11.9 Å². The Morgan fingerprint density at radius 2 is 1.75 bits per heavy atom.